The molecule has 2 N–H and O–H groups in total. The summed E-state index contributed by atoms with van der Waals surface area (Å²) in [7, 11) is 0. The molecule has 3 rings (SSSR count). The number of aliphatic hydroxyl groups is 1. The predicted octanol–water partition coefficient (Wildman–Crippen LogP) is 2.30. The monoisotopic (exact) mass is 291 g/mol. The minimum atomic E-state index is -1.07. The first-order chi connectivity index (χ1) is 9.68. The van der Waals surface area contributed by atoms with Crippen molar-refractivity contribution in [1.29, 1.82) is 0 Å². The fourth-order valence-corrected chi connectivity index (χ4v) is 3.09. The molecule has 2 heterocycles. The van der Waals surface area contributed by atoms with E-state index >= 15 is 0 Å². The zero-order valence-electron chi connectivity index (χ0n) is 11.0. The summed E-state index contributed by atoms with van der Waals surface area (Å²) in [5, 5.41) is 15.6. The van der Waals surface area contributed by atoms with Crippen LogP contribution in [0.3, 0.4) is 0 Å². The average Bonchev–Trinajstić information content (AvgIpc) is 2.93. The standard InChI is InChI=1S/C15H17NO3S/c17-14(9-12-3-2-8-20-12)16-10-15(18,11-5-6-11)13-4-1-7-19-13/h1-4,7-8,11,18H,5-6,9-10H2,(H,16,17). The highest BCUT2D eigenvalue weighted by Gasteiger charge is 2.47. The van der Waals surface area contributed by atoms with Crippen LogP contribution in [0.5, 0.6) is 0 Å². The topological polar surface area (TPSA) is 62.5 Å². The highest BCUT2D eigenvalue weighted by atomic mass is 32.1. The molecule has 1 aliphatic rings. The van der Waals surface area contributed by atoms with Gasteiger partial charge in [-0.2, -0.15) is 0 Å². The van der Waals surface area contributed by atoms with Gasteiger partial charge in [0.15, 0.2) is 0 Å². The van der Waals surface area contributed by atoms with Gasteiger partial charge in [-0.05, 0) is 42.3 Å². The van der Waals surface area contributed by atoms with Crippen LogP contribution in [-0.2, 0) is 16.8 Å². The number of hydrogen-bond acceptors (Lipinski definition) is 4. The molecule has 106 valence electrons. The van der Waals surface area contributed by atoms with Crippen LogP contribution in [0.1, 0.15) is 23.5 Å². The van der Waals surface area contributed by atoms with Crippen molar-refractivity contribution in [2.45, 2.75) is 24.9 Å². The Morgan fingerprint density at radius 1 is 1.45 bits per heavy atom. The molecule has 1 aliphatic carbocycles. The van der Waals surface area contributed by atoms with Crippen molar-refractivity contribution in [1.82, 2.24) is 5.32 Å². The number of rotatable bonds is 6. The van der Waals surface area contributed by atoms with E-state index in [0.717, 1.165) is 17.7 Å². The Labute approximate surface area is 121 Å². The van der Waals surface area contributed by atoms with E-state index in [4.69, 9.17) is 4.42 Å². The van der Waals surface area contributed by atoms with E-state index in [2.05, 4.69) is 5.32 Å². The maximum Gasteiger partial charge on any atom is 0.225 e. The van der Waals surface area contributed by atoms with Crippen molar-refractivity contribution < 1.29 is 14.3 Å². The zero-order chi connectivity index (χ0) is 14.0. The van der Waals surface area contributed by atoms with E-state index in [9.17, 15) is 9.90 Å². The summed E-state index contributed by atoms with van der Waals surface area (Å²) >= 11 is 1.56. The fraction of sp³-hybridized carbons (Fsp3) is 0.400. The van der Waals surface area contributed by atoms with Crippen molar-refractivity contribution in [3.05, 3.63) is 46.5 Å². The van der Waals surface area contributed by atoms with Gasteiger partial charge in [-0.1, -0.05) is 6.07 Å². The first kappa shape index (κ1) is 13.4. The normalized spacial score (nSPS) is 17.6. The minimum absolute atomic E-state index is 0.0712. The lowest BCUT2D eigenvalue weighted by molar-refractivity contribution is -0.122. The van der Waals surface area contributed by atoms with Crippen molar-refractivity contribution >= 4 is 17.2 Å². The average molecular weight is 291 g/mol. The van der Waals surface area contributed by atoms with Gasteiger partial charge >= 0.3 is 0 Å². The molecule has 0 radical (unpaired) electrons. The van der Waals surface area contributed by atoms with Crippen LogP contribution < -0.4 is 5.32 Å². The summed E-state index contributed by atoms with van der Waals surface area (Å²) in [6.07, 6.45) is 3.85. The molecular weight excluding hydrogens is 274 g/mol. The summed E-state index contributed by atoms with van der Waals surface area (Å²) in [6.45, 7) is 0.204. The largest absolute Gasteiger partial charge is 0.466 e. The molecule has 0 aliphatic heterocycles. The Kier molecular flexibility index (Phi) is 3.63. The molecule has 20 heavy (non-hydrogen) atoms. The Hall–Kier alpha value is -1.59. The van der Waals surface area contributed by atoms with Crippen LogP contribution in [0.15, 0.2) is 40.3 Å². The molecule has 1 saturated carbocycles. The van der Waals surface area contributed by atoms with Crippen LogP contribution in [0, 0.1) is 5.92 Å². The van der Waals surface area contributed by atoms with Gasteiger partial charge in [0, 0.05) is 4.88 Å². The molecule has 2 aromatic rings. The summed E-state index contributed by atoms with van der Waals surface area (Å²) < 4.78 is 5.34. The second-order valence-electron chi connectivity index (χ2n) is 5.21. The molecule has 0 aromatic carbocycles. The molecule has 1 unspecified atom stereocenters. The Balaban J connectivity index is 1.62. The van der Waals surface area contributed by atoms with Crippen molar-refractivity contribution in [3.63, 3.8) is 0 Å². The molecule has 4 nitrogen and oxygen atoms in total. The number of carbonyl (C=O) groups is 1. The number of hydrogen-bond donors (Lipinski definition) is 2. The molecule has 2 aromatic heterocycles. The van der Waals surface area contributed by atoms with Gasteiger partial charge in [-0.15, -0.1) is 11.3 Å². The summed E-state index contributed by atoms with van der Waals surface area (Å²) in [5.74, 6) is 0.644. The Bertz CT molecular complexity index is 560. The van der Waals surface area contributed by atoms with Gasteiger partial charge in [0.25, 0.3) is 0 Å². The Morgan fingerprint density at radius 2 is 2.30 bits per heavy atom. The molecule has 1 atom stereocenters. The maximum absolute atomic E-state index is 11.9. The number of furan rings is 1. The lowest BCUT2D eigenvalue weighted by atomic mass is 9.94. The second-order valence-corrected chi connectivity index (χ2v) is 6.24. The fourth-order valence-electron chi connectivity index (χ4n) is 2.39. The van der Waals surface area contributed by atoms with E-state index in [-0.39, 0.29) is 18.4 Å². The summed E-state index contributed by atoms with van der Waals surface area (Å²) in [4.78, 5) is 12.9. The third-order valence-electron chi connectivity index (χ3n) is 3.67. The highest BCUT2D eigenvalue weighted by molar-refractivity contribution is 7.10. The van der Waals surface area contributed by atoms with E-state index in [1.165, 1.54) is 0 Å². The Morgan fingerprint density at radius 3 is 2.90 bits per heavy atom. The number of nitrogens with one attached hydrogen (secondary N) is 1. The number of amides is 1. The van der Waals surface area contributed by atoms with Gasteiger partial charge in [0.1, 0.15) is 11.4 Å². The molecule has 0 saturated heterocycles. The minimum Gasteiger partial charge on any atom is -0.466 e. The quantitative estimate of drug-likeness (QED) is 0.858. The molecule has 1 amide bonds. The second kappa shape index (κ2) is 5.42. The number of thiophene rings is 1. The first-order valence-corrected chi connectivity index (χ1v) is 7.62. The first-order valence-electron chi connectivity index (χ1n) is 6.74. The van der Waals surface area contributed by atoms with Crippen LogP contribution in [-0.4, -0.2) is 17.6 Å². The molecule has 1 fully saturated rings. The van der Waals surface area contributed by atoms with E-state index in [1.54, 1.807) is 29.7 Å². The van der Waals surface area contributed by atoms with E-state index < -0.39 is 5.60 Å². The van der Waals surface area contributed by atoms with E-state index in [0.29, 0.717) is 12.2 Å². The molecular formula is C15H17NO3S. The van der Waals surface area contributed by atoms with Crippen LogP contribution in [0.4, 0.5) is 0 Å². The molecule has 0 spiro atoms. The van der Waals surface area contributed by atoms with Gasteiger partial charge < -0.3 is 14.8 Å². The van der Waals surface area contributed by atoms with Gasteiger partial charge in [0.2, 0.25) is 5.91 Å². The smallest absolute Gasteiger partial charge is 0.225 e. The predicted molar refractivity (Wildman–Crippen MR) is 76.4 cm³/mol. The summed E-state index contributed by atoms with van der Waals surface area (Å²) in [6, 6.07) is 7.39. The molecule has 5 heteroatoms. The van der Waals surface area contributed by atoms with Crippen LogP contribution in [0.25, 0.3) is 0 Å². The van der Waals surface area contributed by atoms with Crippen LogP contribution >= 0.6 is 11.3 Å². The maximum atomic E-state index is 11.9. The van der Waals surface area contributed by atoms with Crippen molar-refractivity contribution in [2.24, 2.45) is 5.92 Å². The zero-order valence-corrected chi connectivity index (χ0v) is 11.9. The lowest BCUT2D eigenvalue weighted by Gasteiger charge is -2.26. The van der Waals surface area contributed by atoms with Gasteiger partial charge in [-0.25, -0.2) is 0 Å². The van der Waals surface area contributed by atoms with Gasteiger partial charge in [-0.3, -0.25) is 4.79 Å². The third kappa shape index (κ3) is 2.78. The van der Waals surface area contributed by atoms with Crippen molar-refractivity contribution in [3.8, 4) is 0 Å². The van der Waals surface area contributed by atoms with Gasteiger partial charge in [0.05, 0.1) is 19.2 Å². The SMILES string of the molecule is O=C(Cc1cccs1)NCC(O)(c1ccco1)C1CC1. The summed E-state index contributed by atoms with van der Waals surface area (Å²) in [5.41, 5.74) is -1.07. The highest BCUT2D eigenvalue weighted by Crippen LogP contribution is 2.45. The molecule has 0 bridgehead atoms. The number of carbonyl (C=O) groups excluding carboxylic acids is 1. The van der Waals surface area contributed by atoms with E-state index in [1.807, 2.05) is 17.5 Å². The third-order valence-corrected chi connectivity index (χ3v) is 4.55. The van der Waals surface area contributed by atoms with Crippen molar-refractivity contribution in [2.75, 3.05) is 6.54 Å². The van der Waals surface area contributed by atoms with Crippen LogP contribution in [0.2, 0.25) is 0 Å². The lowest BCUT2D eigenvalue weighted by Crippen LogP contribution is -2.42.